The lowest BCUT2D eigenvalue weighted by molar-refractivity contribution is -0.126. The highest BCUT2D eigenvalue weighted by Gasteiger charge is 2.33. The van der Waals surface area contributed by atoms with Gasteiger partial charge in [0, 0.05) is 5.69 Å². The number of benzene rings is 2. The maximum absolute atomic E-state index is 12.7. The summed E-state index contributed by atoms with van der Waals surface area (Å²) in [7, 11) is 0. The van der Waals surface area contributed by atoms with E-state index < -0.39 is 11.9 Å². The number of amides is 2. The standard InChI is InChI=1S/C21H18N2O4S2/c1-2-13-3-5-14(6-4-13)11-17-19(25)23(21(28)29-17)12-18(24)22-16-9-7-15(8-10-16)20(26)27/h3-11H,2,12H2,1H3,(H,22,24)(H,26,27)/b17-11-. The fourth-order valence-corrected chi connectivity index (χ4v) is 3.93. The van der Waals surface area contributed by atoms with Gasteiger partial charge in [-0.3, -0.25) is 14.5 Å². The van der Waals surface area contributed by atoms with Crippen LogP contribution < -0.4 is 5.32 Å². The first kappa shape index (κ1) is 20.8. The smallest absolute Gasteiger partial charge is 0.335 e. The van der Waals surface area contributed by atoms with Crippen molar-refractivity contribution in [3.63, 3.8) is 0 Å². The van der Waals surface area contributed by atoms with E-state index in [-0.39, 0.29) is 18.0 Å². The van der Waals surface area contributed by atoms with Gasteiger partial charge >= 0.3 is 5.97 Å². The van der Waals surface area contributed by atoms with Crippen molar-refractivity contribution in [3.05, 3.63) is 70.1 Å². The van der Waals surface area contributed by atoms with E-state index in [1.807, 2.05) is 24.3 Å². The van der Waals surface area contributed by atoms with Crippen LogP contribution >= 0.6 is 24.0 Å². The Morgan fingerprint density at radius 1 is 1.14 bits per heavy atom. The molecule has 0 unspecified atom stereocenters. The monoisotopic (exact) mass is 426 g/mol. The van der Waals surface area contributed by atoms with Crippen LogP contribution in [0.15, 0.2) is 53.4 Å². The molecule has 0 aromatic heterocycles. The summed E-state index contributed by atoms with van der Waals surface area (Å²) in [6.45, 7) is 1.86. The Balaban J connectivity index is 1.65. The Kier molecular flexibility index (Phi) is 6.46. The van der Waals surface area contributed by atoms with Crippen LogP contribution in [0.3, 0.4) is 0 Å². The van der Waals surface area contributed by atoms with Gasteiger partial charge in [-0.05, 0) is 47.9 Å². The van der Waals surface area contributed by atoms with Gasteiger partial charge in [0.05, 0.1) is 10.5 Å². The van der Waals surface area contributed by atoms with Crippen LogP contribution in [-0.4, -0.2) is 38.7 Å². The van der Waals surface area contributed by atoms with Crippen molar-refractivity contribution in [1.82, 2.24) is 4.90 Å². The molecule has 1 aliphatic rings. The molecule has 1 aliphatic heterocycles. The molecule has 8 heteroatoms. The van der Waals surface area contributed by atoms with Gasteiger partial charge in [-0.2, -0.15) is 0 Å². The van der Waals surface area contributed by atoms with Gasteiger partial charge in [0.25, 0.3) is 5.91 Å². The molecule has 0 radical (unpaired) electrons. The molecule has 0 aliphatic carbocycles. The quantitative estimate of drug-likeness (QED) is 0.540. The maximum Gasteiger partial charge on any atom is 0.335 e. The van der Waals surface area contributed by atoms with Gasteiger partial charge in [-0.1, -0.05) is 55.2 Å². The van der Waals surface area contributed by atoms with Crippen LogP contribution in [0.2, 0.25) is 0 Å². The molecule has 6 nitrogen and oxygen atoms in total. The minimum atomic E-state index is -1.04. The number of hydrogen-bond acceptors (Lipinski definition) is 5. The zero-order chi connectivity index (χ0) is 21.0. The van der Waals surface area contributed by atoms with Crippen molar-refractivity contribution < 1.29 is 19.5 Å². The number of aryl methyl sites for hydroxylation is 1. The molecule has 29 heavy (non-hydrogen) atoms. The van der Waals surface area contributed by atoms with Crippen LogP contribution in [0.5, 0.6) is 0 Å². The normalized spacial score (nSPS) is 15.1. The summed E-state index contributed by atoms with van der Waals surface area (Å²) in [5.74, 6) is -1.77. The number of rotatable bonds is 6. The van der Waals surface area contributed by atoms with E-state index in [4.69, 9.17) is 17.3 Å². The van der Waals surface area contributed by atoms with E-state index in [1.165, 1.54) is 34.7 Å². The molecular formula is C21H18N2O4S2. The third kappa shape index (κ3) is 5.10. The summed E-state index contributed by atoms with van der Waals surface area (Å²) < 4.78 is 0.322. The molecule has 1 saturated heterocycles. The number of carbonyl (C=O) groups is 3. The lowest BCUT2D eigenvalue weighted by atomic mass is 10.1. The Morgan fingerprint density at radius 3 is 2.38 bits per heavy atom. The number of nitrogens with one attached hydrogen (secondary N) is 1. The molecule has 1 fully saturated rings. The van der Waals surface area contributed by atoms with Crippen LogP contribution in [0.4, 0.5) is 5.69 Å². The molecule has 1 heterocycles. The van der Waals surface area contributed by atoms with Crippen LogP contribution in [0, 0.1) is 0 Å². The van der Waals surface area contributed by atoms with Gasteiger partial charge in [0.1, 0.15) is 10.9 Å². The van der Waals surface area contributed by atoms with E-state index >= 15 is 0 Å². The van der Waals surface area contributed by atoms with Crippen molar-refractivity contribution in [1.29, 1.82) is 0 Å². The second kappa shape index (κ2) is 9.02. The van der Waals surface area contributed by atoms with E-state index in [9.17, 15) is 14.4 Å². The minimum absolute atomic E-state index is 0.122. The summed E-state index contributed by atoms with van der Waals surface area (Å²) in [4.78, 5) is 37.6. The molecule has 3 rings (SSSR count). The first-order chi connectivity index (χ1) is 13.9. The van der Waals surface area contributed by atoms with Crippen molar-refractivity contribution in [2.24, 2.45) is 0 Å². The number of nitrogens with zero attached hydrogens (tertiary/aromatic N) is 1. The zero-order valence-electron chi connectivity index (χ0n) is 15.5. The van der Waals surface area contributed by atoms with Crippen molar-refractivity contribution >= 4 is 57.8 Å². The van der Waals surface area contributed by atoms with Gasteiger partial charge in [-0.25, -0.2) is 4.79 Å². The summed E-state index contributed by atoms with van der Waals surface area (Å²) >= 11 is 6.42. The van der Waals surface area contributed by atoms with Gasteiger partial charge in [-0.15, -0.1) is 0 Å². The highest BCUT2D eigenvalue weighted by molar-refractivity contribution is 8.26. The largest absolute Gasteiger partial charge is 0.478 e. The number of thioether (sulfide) groups is 1. The zero-order valence-corrected chi connectivity index (χ0v) is 17.2. The molecular weight excluding hydrogens is 408 g/mol. The average molecular weight is 427 g/mol. The second-order valence-electron chi connectivity index (χ2n) is 6.29. The summed E-state index contributed by atoms with van der Waals surface area (Å²) in [6.07, 6.45) is 2.71. The molecule has 0 spiro atoms. The van der Waals surface area contributed by atoms with Gasteiger partial charge in [0.15, 0.2) is 0 Å². The summed E-state index contributed by atoms with van der Waals surface area (Å²) in [6, 6.07) is 13.7. The lowest BCUT2D eigenvalue weighted by Gasteiger charge is -2.14. The van der Waals surface area contributed by atoms with Gasteiger partial charge in [0.2, 0.25) is 5.91 Å². The van der Waals surface area contributed by atoms with E-state index in [0.717, 1.165) is 23.7 Å². The second-order valence-corrected chi connectivity index (χ2v) is 7.97. The minimum Gasteiger partial charge on any atom is -0.478 e. The fourth-order valence-electron chi connectivity index (χ4n) is 2.68. The van der Waals surface area contributed by atoms with E-state index in [1.54, 1.807) is 6.08 Å². The molecule has 0 saturated carbocycles. The first-order valence-corrected chi connectivity index (χ1v) is 10.1. The Morgan fingerprint density at radius 2 is 1.79 bits per heavy atom. The number of aromatic carboxylic acids is 1. The number of thiocarbonyl (C=S) groups is 1. The van der Waals surface area contributed by atoms with Crippen molar-refractivity contribution in [2.75, 3.05) is 11.9 Å². The first-order valence-electron chi connectivity index (χ1n) is 8.85. The van der Waals surface area contributed by atoms with Gasteiger partial charge < -0.3 is 10.4 Å². The molecule has 2 amide bonds. The third-order valence-electron chi connectivity index (χ3n) is 4.28. The third-order valence-corrected chi connectivity index (χ3v) is 5.65. The van der Waals surface area contributed by atoms with Crippen LogP contribution in [-0.2, 0) is 16.0 Å². The molecule has 2 aromatic carbocycles. The number of hydrogen-bond donors (Lipinski definition) is 2. The molecule has 2 aromatic rings. The summed E-state index contributed by atoms with van der Waals surface area (Å²) in [5.41, 5.74) is 2.67. The SMILES string of the molecule is CCc1ccc(/C=C2\SC(=S)N(CC(=O)Nc3ccc(C(=O)O)cc3)C2=O)cc1. The van der Waals surface area contributed by atoms with Crippen LogP contribution in [0.25, 0.3) is 6.08 Å². The highest BCUT2D eigenvalue weighted by Crippen LogP contribution is 2.32. The molecule has 2 N–H and O–H groups in total. The van der Waals surface area contributed by atoms with E-state index in [0.29, 0.717) is 14.9 Å². The fraction of sp³-hybridized carbons (Fsp3) is 0.143. The average Bonchev–Trinajstić information content (AvgIpc) is 2.96. The maximum atomic E-state index is 12.7. The lowest BCUT2D eigenvalue weighted by Crippen LogP contribution is -2.36. The number of carboxylic acids is 1. The Bertz CT molecular complexity index is 998. The predicted molar refractivity (Wildman–Crippen MR) is 118 cm³/mol. The van der Waals surface area contributed by atoms with E-state index in [2.05, 4.69) is 12.2 Å². The van der Waals surface area contributed by atoms with Crippen molar-refractivity contribution in [2.45, 2.75) is 13.3 Å². The summed E-state index contributed by atoms with van der Waals surface area (Å²) in [5, 5.41) is 11.5. The molecule has 0 atom stereocenters. The highest BCUT2D eigenvalue weighted by atomic mass is 32.2. The topological polar surface area (TPSA) is 86.7 Å². The Hall–Kier alpha value is -2.97. The van der Waals surface area contributed by atoms with Crippen molar-refractivity contribution in [3.8, 4) is 0 Å². The number of carbonyl (C=O) groups excluding carboxylic acids is 2. The predicted octanol–water partition coefficient (Wildman–Crippen LogP) is 3.79. The molecule has 148 valence electrons. The van der Waals surface area contributed by atoms with Crippen LogP contribution in [0.1, 0.15) is 28.4 Å². The number of carboxylic acid groups (broad SMARTS) is 1. The Labute approximate surface area is 177 Å². The number of anilines is 1. The molecule has 0 bridgehead atoms.